The number of carbonyl (C=O) groups excluding carboxylic acids is 2. The summed E-state index contributed by atoms with van der Waals surface area (Å²) in [6.07, 6.45) is 1.28. The molecule has 0 saturated carbocycles. The number of hydrogen-bond acceptors (Lipinski definition) is 4. The van der Waals surface area contributed by atoms with E-state index >= 15 is 0 Å². The summed E-state index contributed by atoms with van der Waals surface area (Å²) in [5.74, 6) is -1.10. The molecule has 6 nitrogen and oxygen atoms in total. The molecule has 2 aromatic carbocycles. The van der Waals surface area contributed by atoms with Crippen LogP contribution in [0.5, 0.6) is 0 Å². The first kappa shape index (κ1) is 18.0. The minimum Gasteiger partial charge on any atom is -0.366 e. The highest BCUT2D eigenvalue weighted by Crippen LogP contribution is 2.20. The van der Waals surface area contributed by atoms with Crippen molar-refractivity contribution in [2.24, 2.45) is 5.73 Å². The van der Waals surface area contributed by atoms with Crippen LogP contribution >= 0.6 is 11.6 Å². The first-order valence-corrected chi connectivity index (χ1v) is 7.62. The van der Waals surface area contributed by atoms with Gasteiger partial charge in [-0.25, -0.2) is 0 Å². The van der Waals surface area contributed by atoms with Crippen molar-refractivity contribution in [3.05, 3.63) is 70.4 Å². The molecule has 2 rings (SSSR count). The standard InChI is InChI=1S/C18H15ClN4O2/c1-11-2-5-15(8-16(11)19)23-18(25)13(9-20)10-22-14-6-3-12(4-7-14)17(21)24/h2-8,10,22H,1H3,(H2,21,24)(H,23,25)/b13-10-. The Morgan fingerprint density at radius 1 is 1.16 bits per heavy atom. The summed E-state index contributed by atoms with van der Waals surface area (Å²) in [6.45, 7) is 1.85. The highest BCUT2D eigenvalue weighted by molar-refractivity contribution is 6.31. The maximum Gasteiger partial charge on any atom is 0.267 e. The number of nitriles is 1. The molecular formula is C18H15ClN4O2. The molecule has 0 aliphatic heterocycles. The number of amides is 2. The zero-order valence-corrected chi connectivity index (χ0v) is 14.1. The van der Waals surface area contributed by atoms with Crippen molar-refractivity contribution in [2.45, 2.75) is 6.92 Å². The van der Waals surface area contributed by atoms with E-state index in [9.17, 15) is 9.59 Å². The van der Waals surface area contributed by atoms with Gasteiger partial charge in [0.25, 0.3) is 5.91 Å². The monoisotopic (exact) mass is 354 g/mol. The Bertz CT molecular complexity index is 883. The largest absolute Gasteiger partial charge is 0.366 e. The molecular weight excluding hydrogens is 340 g/mol. The topological polar surface area (TPSA) is 108 Å². The highest BCUT2D eigenvalue weighted by atomic mass is 35.5. The number of rotatable bonds is 5. The van der Waals surface area contributed by atoms with Gasteiger partial charge in [0.1, 0.15) is 11.6 Å². The van der Waals surface area contributed by atoms with E-state index in [0.717, 1.165) is 5.56 Å². The summed E-state index contributed by atoms with van der Waals surface area (Å²) >= 11 is 6.01. The molecule has 0 unspecified atom stereocenters. The van der Waals surface area contributed by atoms with Gasteiger partial charge < -0.3 is 16.4 Å². The number of primary amides is 1. The second-order valence-corrected chi connectivity index (χ2v) is 5.58. The average Bonchev–Trinajstić information content (AvgIpc) is 2.59. The number of halogens is 1. The third-order valence-corrected chi connectivity index (χ3v) is 3.75. The van der Waals surface area contributed by atoms with Gasteiger partial charge in [0, 0.05) is 28.2 Å². The molecule has 0 heterocycles. The van der Waals surface area contributed by atoms with E-state index in [0.29, 0.717) is 22.0 Å². The number of hydrogen-bond donors (Lipinski definition) is 3. The lowest BCUT2D eigenvalue weighted by Gasteiger charge is -2.07. The highest BCUT2D eigenvalue weighted by Gasteiger charge is 2.10. The molecule has 0 radical (unpaired) electrons. The molecule has 0 atom stereocenters. The zero-order valence-electron chi connectivity index (χ0n) is 13.3. The number of benzene rings is 2. The Kier molecular flexibility index (Phi) is 5.77. The molecule has 0 spiro atoms. The molecule has 25 heavy (non-hydrogen) atoms. The first-order chi connectivity index (χ1) is 11.9. The van der Waals surface area contributed by atoms with E-state index < -0.39 is 11.8 Å². The quantitative estimate of drug-likeness (QED) is 0.566. The molecule has 0 aliphatic rings. The smallest absolute Gasteiger partial charge is 0.267 e. The van der Waals surface area contributed by atoms with Gasteiger partial charge in [-0.2, -0.15) is 5.26 Å². The van der Waals surface area contributed by atoms with E-state index in [1.807, 2.05) is 13.0 Å². The first-order valence-electron chi connectivity index (χ1n) is 7.25. The summed E-state index contributed by atoms with van der Waals surface area (Å²) in [6, 6.07) is 13.2. The number of anilines is 2. The number of nitrogens with one attached hydrogen (secondary N) is 2. The minimum atomic E-state index is -0.566. The number of carbonyl (C=O) groups is 2. The lowest BCUT2D eigenvalue weighted by atomic mass is 10.2. The number of nitrogens with two attached hydrogens (primary N) is 1. The Morgan fingerprint density at radius 2 is 1.80 bits per heavy atom. The fourth-order valence-electron chi connectivity index (χ4n) is 1.90. The van der Waals surface area contributed by atoms with Crippen molar-refractivity contribution in [1.82, 2.24) is 0 Å². The zero-order chi connectivity index (χ0) is 18.4. The van der Waals surface area contributed by atoms with Gasteiger partial charge in [-0.15, -0.1) is 0 Å². The third kappa shape index (κ3) is 4.83. The van der Waals surface area contributed by atoms with Gasteiger partial charge in [0.2, 0.25) is 5.91 Å². The molecule has 126 valence electrons. The van der Waals surface area contributed by atoms with Crippen molar-refractivity contribution in [3.8, 4) is 6.07 Å². The molecule has 2 amide bonds. The van der Waals surface area contributed by atoms with Crippen LogP contribution in [-0.4, -0.2) is 11.8 Å². The molecule has 0 fully saturated rings. The van der Waals surface area contributed by atoms with Gasteiger partial charge in [0.15, 0.2) is 0 Å². The van der Waals surface area contributed by atoms with Gasteiger partial charge >= 0.3 is 0 Å². The van der Waals surface area contributed by atoms with E-state index in [1.54, 1.807) is 42.5 Å². The van der Waals surface area contributed by atoms with E-state index in [4.69, 9.17) is 22.6 Å². The normalized spacial score (nSPS) is 10.7. The molecule has 0 saturated heterocycles. The second-order valence-electron chi connectivity index (χ2n) is 5.17. The Labute approximate surface area is 149 Å². The lowest BCUT2D eigenvalue weighted by Crippen LogP contribution is -2.14. The maximum atomic E-state index is 12.2. The third-order valence-electron chi connectivity index (χ3n) is 3.35. The van der Waals surface area contributed by atoms with Gasteiger partial charge in [0.05, 0.1) is 0 Å². The molecule has 4 N–H and O–H groups in total. The molecule has 7 heteroatoms. The molecule has 2 aromatic rings. The van der Waals surface area contributed by atoms with Crippen molar-refractivity contribution in [1.29, 1.82) is 5.26 Å². The van der Waals surface area contributed by atoms with Crippen molar-refractivity contribution >= 4 is 34.8 Å². The Balaban J connectivity index is 2.08. The van der Waals surface area contributed by atoms with Crippen LogP contribution in [0.4, 0.5) is 11.4 Å². The molecule has 0 aromatic heterocycles. The van der Waals surface area contributed by atoms with Gasteiger partial charge in [-0.1, -0.05) is 17.7 Å². The Morgan fingerprint density at radius 3 is 2.36 bits per heavy atom. The van der Waals surface area contributed by atoms with Gasteiger partial charge in [-0.3, -0.25) is 9.59 Å². The van der Waals surface area contributed by atoms with Crippen molar-refractivity contribution < 1.29 is 9.59 Å². The SMILES string of the molecule is Cc1ccc(NC(=O)/C(C#N)=C\Nc2ccc(C(N)=O)cc2)cc1Cl. The van der Waals surface area contributed by atoms with Gasteiger partial charge in [-0.05, 0) is 48.9 Å². The molecule has 0 bridgehead atoms. The fourth-order valence-corrected chi connectivity index (χ4v) is 2.08. The predicted molar refractivity (Wildman–Crippen MR) is 97.1 cm³/mol. The van der Waals surface area contributed by atoms with Crippen LogP contribution in [0.15, 0.2) is 54.2 Å². The van der Waals surface area contributed by atoms with Crippen LogP contribution in [0.25, 0.3) is 0 Å². The van der Waals surface area contributed by atoms with Crippen molar-refractivity contribution in [3.63, 3.8) is 0 Å². The minimum absolute atomic E-state index is 0.115. The van der Waals surface area contributed by atoms with E-state index in [2.05, 4.69) is 10.6 Å². The lowest BCUT2D eigenvalue weighted by molar-refractivity contribution is -0.112. The summed E-state index contributed by atoms with van der Waals surface area (Å²) in [4.78, 5) is 23.2. The fraction of sp³-hybridized carbons (Fsp3) is 0.0556. The van der Waals surface area contributed by atoms with Crippen LogP contribution in [0.2, 0.25) is 5.02 Å². The Hall–Kier alpha value is -3.30. The van der Waals surface area contributed by atoms with E-state index in [1.165, 1.54) is 6.20 Å². The van der Waals surface area contributed by atoms with Crippen LogP contribution in [-0.2, 0) is 4.79 Å². The average molecular weight is 355 g/mol. The summed E-state index contributed by atoms with van der Waals surface area (Å²) in [5.41, 5.74) is 7.39. The summed E-state index contributed by atoms with van der Waals surface area (Å²) < 4.78 is 0. The number of nitrogens with zero attached hydrogens (tertiary/aromatic N) is 1. The summed E-state index contributed by atoms with van der Waals surface area (Å²) in [5, 5.41) is 15.1. The molecule has 0 aliphatic carbocycles. The summed E-state index contributed by atoms with van der Waals surface area (Å²) in [7, 11) is 0. The van der Waals surface area contributed by atoms with Crippen molar-refractivity contribution in [2.75, 3.05) is 10.6 Å². The van der Waals surface area contributed by atoms with Crippen LogP contribution in [0.3, 0.4) is 0 Å². The van der Waals surface area contributed by atoms with Crippen LogP contribution in [0.1, 0.15) is 15.9 Å². The number of aryl methyl sites for hydroxylation is 1. The second kappa shape index (κ2) is 7.99. The maximum absolute atomic E-state index is 12.2. The van der Waals surface area contributed by atoms with Crippen LogP contribution in [0, 0.1) is 18.3 Å². The van der Waals surface area contributed by atoms with E-state index in [-0.39, 0.29) is 5.57 Å². The van der Waals surface area contributed by atoms with Crippen LogP contribution < -0.4 is 16.4 Å². The predicted octanol–water partition coefficient (Wildman–Crippen LogP) is 3.21.